The summed E-state index contributed by atoms with van der Waals surface area (Å²) in [6.45, 7) is 0.812. The molecule has 3 heteroatoms. The van der Waals surface area contributed by atoms with Gasteiger partial charge in [0.1, 0.15) is 0 Å². The molecule has 2 aromatic heterocycles. The van der Waals surface area contributed by atoms with Crippen molar-refractivity contribution in [3.8, 4) is 0 Å². The van der Waals surface area contributed by atoms with E-state index in [1.54, 1.807) is 0 Å². The molecule has 0 aliphatic carbocycles. The number of para-hydroxylation sites is 1. The summed E-state index contributed by atoms with van der Waals surface area (Å²) in [5, 5.41) is 1.26. The molecule has 16 heavy (non-hydrogen) atoms. The molecule has 0 bridgehead atoms. The van der Waals surface area contributed by atoms with Crippen molar-refractivity contribution in [1.29, 1.82) is 0 Å². The van der Waals surface area contributed by atoms with E-state index in [0.29, 0.717) is 0 Å². The molecule has 0 aliphatic rings. The monoisotopic (exact) mass is 211 g/mol. The van der Waals surface area contributed by atoms with Crippen molar-refractivity contribution < 1.29 is 0 Å². The van der Waals surface area contributed by atoms with Crippen molar-refractivity contribution in [1.82, 2.24) is 9.66 Å². The van der Waals surface area contributed by atoms with Gasteiger partial charge >= 0.3 is 0 Å². The van der Waals surface area contributed by atoms with Crippen LogP contribution < -0.4 is 5.43 Å². The van der Waals surface area contributed by atoms with Crippen molar-refractivity contribution in [3.63, 3.8) is 0 Å². The van der Waals surface area contributed by atoms with Crippen LogP contribution in [0, 0.1) is 0 Å². The second-order valence-corrected chi connectivity index (χ2v) is 3.78. The van der Waals surface area contributed by atoms with Gasteiger partial charge in [0.2, 0.25) is 0 Å². The number of H-pyrrole nitrogens is 1. The van der Waals surface area contributed by atoms with Gasteiger partial charge in [-0.15, -0.1) is 0 Å². The molecule has 0 unspecified atom stereocenters. The maximum absolute atomic E-state index is 3.32. The number of hydrogen-bond acceptors (Lipinski definition) is 1. The van der Waals surface area contributed by atoms with E-state index in [-0.39, 0.29) is 0 Å². The largest absolute Gasteiger partial charge is 0.361 e. The van der Waals surface area contributed by atoms with E-state index in [2.05, 4.69) is 34.7 Å². The molecule has 2 heterocycles. The average molecular weight is 211 g/mol. The number of hydrogen-bond donors (Lipinski definition) is 2. The van der Waals surface area contributed by atoms with Gasteiger partial charge in [-0.25, -0.2) is 0 Å². The lowest BCUT2D eigenvalue weighted by molar-refractivity contribution is 0.849. The van der Waals surface area contributed by atoms with Crippen molar-refractivity contribution in [2.24, 2.45) is 0 Å². The number of aromatic nitrogens is 2. The Morgan fingerprint density at radius 1 is 1.06 bits per heavy atom. The quantitative estimate of drug-likeness (QED) is 0.686. The first kappa shape index (κ1) is 9.09. The SMILES string of the molecule is c1cc(CNn2cccc2)c2[nH]ccc2c1. The van der Waals surface area contributed by atoms with Crippen LogP contribution in [0.2, 0.25) is 0 Å². The van der Waals surface area contributed by atoms with E-state index < -0.39 is 0 Å². The van der Waals surface area contributed by atoms with Crippen molar-refractivity contribution >= 4 is 10.9 Å². The zero-order valence-electron chi connectivity index (χ0n) is 8.85. The molecule has 80 valence electrons. The Kier molecular flexibility index (Phi) is 2.14. The molecular formula is C13H13N3. The van der Waals surface area contributed by atoms with Crippen LogP contribution in [0.5, 0.6) is 0 Å². The highest BCUT2D eigenvalue weighted by Gasteiger charge is 2.00. The first-order chi connectivity index (χ1) is 7.93. The lowest BCUT2D eigenvalue weighted by atomic mass is 10.1. The maximum atomic E-state index is 3.32. The molecule has 0 amide bonds. The number of nitrogens with one attached hydrogen (secondary N) is 2. The predicted molar refractivity (Wildman–Crippen MR) is 65.8 cm³/mol. The number of fused-ring (bicyclic) bond motifs is 1. The summed E-state index contributed by atoms with van der Waals surface area (Å²) in [7, 11) is 0. The molecular weight excluding hydrogens is 198 g/mol. The van der Waals surface area contributed by atoms with Gasteiger partial charge < -0.3 is 10.4 Å². The fourth-order valence-corrected chi connectivity index (χ4v) is 1.91. The second-order valence-electron chi connectivity index (χ2n) is 3.78. The fraction of sp³-hybridized carbons (Fsp3) is 0.0769. The Balaban J connectivity index is 1.86. The van der Waals surface area contributed by atoms with E-state index in [4.69, 9.17) is 0 Å². The highest BCUT2D eigenvalue weighted by atomic mass is 15.4. The van der Waals surface area contributed by atoms with Gasteiger partial charge in [-0.2, -0.15) is 0 Å². The molecule has 0 atom stereocenters. The van der Waals surface area contributed by atoms with Crippen LogP contribution in [-0.4, -0.2) is 9.66 Å². The van der Waals surface area contributed by atoms with Gasteiger partial charge in [-0.05, 0) is 29.1 Å². The summed E-state index contributed by atoms with van der Waals surface area (Å²) in [6.07, 6.45) is 5.97. The zero-order chi connectivity index (χ0) is 10.8. The third-order valence-corrected chi connectivity index (χ3v) is 2.73. The molecule has 2 N–H and O–H groups in total. The van der Waals surface area contributed by atoms with Crippen LogP contribution in [0.25, 0.3) is 10.9 Å². The molecule has 0 aliphatic heterocycles. The lowest BCUT2D eigenvalue weighted by Crippen LogP contribution is -2.11. The predicted octanol–water partition coefficient (Wildman–Crippen LogP) is 2.71. The zero-order valence-corrected chi connectivity index (χ0v) is 8.85. The van der Waals surface area contributed by atoms with Crippen LogP contribution in [0.3, 0.4) is 0 Å². The summed E-state index contributed by atoms with van der Waals surface area (Å²) >= 11 is 0. The fourth-order valence-electron chi connectivity index (χ4n) is 1.91. The first-order valence-corrected chi connectivity index (χ1v) is 5.35. The van der Waals surface area contributed by atoms with Crippen molar-refractivity contribution in [2.45, 2.75) is 6.54 Å². The van der Waals surface area contributed by atoms with Crippen LogP contribution in [-0.2, 0) is 6.54 Å². The molecule has 3 nitrogen and oxygen atoms in total. The molecule has 3 rings (SSSR count). The normalized spacial score (nSPS) is 10.8. The summed E-state index contributed by atoms with van der Waals surface area (Å²) in [5.74, 6) is 0. The summed E-state index contributed by atoms with van der Waals surface area (Å²) in [6, 6.07) is 12.4. The minimum absolute atomic E-state index is 0.812. The van der Waals surface area contributed by atoms with Crippen molar-refractivity contribution in [2.75, 3.05) is 5.43 Å². The van der Waals surface area contributed by atoms with Gasteiger partial charge in [0.05, 0.1) is 12.1 Å². The third-order valence-electron chi connectivity index (χ3n) is 2.73. The van der Waals surface area contributed by atoms with Gasteiger partial charge in [0, 0.05) is 18.6 Å². The Labute approximate surface area is 93.7 Å². The molecule has 3 aromatic rings. The number of aromatic amines is 1. The molecule has 0 fully saturated rings. The van der Waals surface area contributed by atoms with E-state index in [1.165, 1.54) is 16.5 Å². The summed E-state index contributed by atoms with van der Waals surface area (Å²) < 4.78 is 1.96. The Hall–Kier alpha value is -2.16. The molecule has 0 spiro atoms. The molecule has 0 radical (unpaired) electrons. The average Bonchev–Trinajstić information content (AvgIpc) is 2.97. The summed E-state index contributed by atoms with van der Waals surface area (Å²) in [4.78, 5) is 3.27. The van der Waals surface area contributed by atoms with Gasteiger partial charge in [0.25, 0.3) is 0 Å². The van der Waals surface area contributed by atoms with Crippen LogP contribution in [0.1, 0.15) is 5.56 Å². The maximum Gasteiger partial charge on any atom is 0.0584 e. The number of nitrogens with zero attached hydrogens (tertiary/aromatic N) is 1. The van der Waals surface area contributed by atoms with Crippen LogP contribution in [0.4, 0.5) is 0 Å². The topological polar surface area (TPSA) is 32.8 Å². The van der Waals surface area contributed by atoms with E-state index >= 15 is 0 Å². The number of rotatable bonds is 3. The van der Waals surface area contributed by atoms with E-state index in [9.17, 15) is 0 Å². The van der Waals surface area contributed by atoms with Gasteiger partial charge in [0.15, 0.2) is 0 Å². The van der Waals surface area contributed by atoms with Gasteiger partial charge in [-0.3, -0.25) is 4.68 Å². The molecule has 0 saturated carbocycles. The van der Waals surface area contributed by atoms with E-state index in [1.807, 2.05) is 35.4 Å². The smallest absolute Gasteiger partial charge is 0.0584 e. The lowest BCUT2D eigenvalue weighted by Gasteiger charge is -2.08. The highest BCUT2D eigenvalue weighted by molar-refractivity contribution is 5.82. The minimum atomic E-state index is 0.812. The highest BCUT2D eigenvalue weighted by Crippen LogP contribution is 2.16. The summed E-state index contributed by atoms with van der Waals surface area (Å²) in [5.41, 5.74) is 5.80. The number of benzene rings is 1. The molecule has 1 aromatic carbocycles. The Bertz CT molecular complexity index is 578. The third kappa shape index (κ3) is 1.56. The Morgan fingerprint density at radius 3 is 2.81 bits per heavy atom. The first-order valence-electron chi connectivity index (χ1n) is 5.35. The van der Waals surface area contributed by atoms with E-state index in [0.717, 1.165) is 6.54 Å². The molecule has 0 saturated heterocycles. The van der Waals surface area contributed by atoms with Crippen LogP contribution in [0.15, 0.2) is 55.0 Å². The van der Waals surface area contributed by atoms with Gasteiger partial charge in [-0.1, -0.05) is 18.2 Å². The standard InChI is InChI=1S/C13H13N3/c1-2-9-16(8-1)15-10-12-5-3-4-11-6-7-14-13(11)12/h1-9,14-15H,10H2. The van der Waals surface area contributed by atoms with Crippen LogP contribution >= 0.6 is 0 Å². The minimum Gasteiger partial charge on any atom is -0.361 e. The van der Waals surface area contributed by atoms with Crippen molar-refractivity contribution in [3.05, 3.63) is 60.6 Å². The second kappa shape index (κ2) is 3.77. The Morgan fingerprint density at radius 2 is 1.94 bits per heavy atom.